The second-order valence-corrected chi connectivity index (χ2v) is 14.1. The normalized spacial score (nSPS) is 15.1. The van der Waals surface area contributed by atoms with Crippen LogP contribution in [0.5, 0.6) is 0 Å². The van der Waals surface area contributed by atoms with E-state index < -0.39 is 11.7 Å². The Morgan fingerprint density at radius 1 is 1.07 bits per heavy atom. The standard InChI is InChI=1S/C27H42N6O5S2/c1-26(2,3)19-14-30-21(37-19)17-39-22-15-31-24(40-22)32-23(35)18-8-12-33(13-9-18)16-20(34)28-10-7-11-29-25(36)38-27(4,5)6/h14-15,18H,7-13,16-17H2,1-6H3,(H,28,34)(H,29,36)(H,31,32,35). The van der Waals surface area contributed by atoms with Crippen LogP contribution in [0.3, 0.4) is 0 Å². The van der Waals surface area contributed by atoms with Gasteiger partial charge in [0.05, 0.1) is 28.9 Å². The van der Waals surface area contributed by atoms with Gasteiger partial charge in [-0.25, -0.2) is 14.8 Å². The number of piperidine rings is 1. The van der Waals surface area contributed by atoms with Crippen LogP contribution >= 0.6 is 23.1 Å². The zero-order valence-electron chi connectivity index (χ0n) is 24.3. The largest absolute Gasteiger partial charge is 0.444 e. The molecule has 0 atom stereocenters. The van der Waals surface area contributed by atoms with Crippen LogP contribution in [-0.4, -0.2) is 71.1 Å². The number of thioether (sulfide) groups is 1. The van der Waals surface area contributed by atoms with Crippen molar-refractivity contribution in [2.45, 2.75) is 81.8 Å². The Morgan fingerprint density at radius 2 is 1.77 bits per heavy atom. The number of alkyl carbamates (subject to hydrolysis) is 1. The first kappa shape index (κ1) is 31.9. The van der Waals surface area contributed by atoms with Crippen molar-refractivity contribution in [3.63, 3.8) is 0 Å². The van der Waals surface area contributed by atoms with Crippen molar-refractivity contribution in [1.82, 2.24) is 25.5 Å². The van der Waals surface area contributed by atoms with Crippen LogP contribution in [0.25, 0.3) is 0 Å². The van der Waals surface area contributed by atoms with E-state index >= 15 is 0 Å². The smallest absolute Gasteiger partial charge is 0.407 e. The average Bonchev–Trinajstić information content (AvgIpc) is 3.51. The van der Waals surface area contributed by atoms with Gasteiger partial charge in [-0.2, -0.15) is 0 Å². The first-order valence-corrected chi connectivity index (χ1v) is 15.4. The Balaban J connectivity index is 1.29. The maximum atomic E-state index is 12.8. The molecule has 3 N–H and O–H groups in total. The van der Waals surface area contributed by atoms with Gasteiger partial charge in [0.25, 0.3) is 0 Å². The molecule has 3 amide bonds. The number of carbonyl (C=O) groups is 3. The third-order valence-corrected chi connectivity index (χ3v) is 8.11. The van der Waals surface area contributed by atoms with E-state index in [-0.39, 0.29) is 23.1 Å². The number of hydrogen-bond donors (Lipinski definition) is 3. The molecular formula is C27H42N6O5S2. The van der Waals surface area contributed by atoms with Crippen molar-refractivity contribution < 1.29 is 23.5 Å². The van der Waals surface area contributed by atoms with Crippen molar-refractivity contribution in [2.24, 2.45) is 5.92 Å². The van der Waals surface area contributed by atoms with E-state index in [1.54, 1.807) is 24.2 Å². The molecule has 40 heavy (non-hydrogen) atoms. The molecule has 0 aromatic carbocycles. The monoisotopic (exact) mass is 594 g/mol. The van der Waals surface area contributed by atoms with E-state index in [0.717, 1.165) is 9.97 Å². The molecule has 0 saturated carbocycles. The first-order valence-electron chi connectivity index (χ1n) is 13.6. The summed E-state index contributed by atoms with van der Waals surface area (Å²) in [5, 5.41) is 9.08. The Morgan fingerprint density at radius 3 is 2.42 bits per heavy atom. The van der Waals surface area contributed by atoms with Crippen molar-refractivity contribution in [3.05, 3.63) is 24.0 Å². The molecule has 0 unspecified atom stereocenters. The summed E-state index contributed by atoms with van der Waals surface area (Å²) in [4.78, 5) is 47.5. The maximum absolute atomic E-state index is 12.8. The van der Waals surface area contributed by atoms with Gasteiger partial charge in [-0.3, -0.25) is 14.5 Å². The molecule has 3 heterocycles. The summed E-state index contributed by atoms with van der Waals surface area (Å²) in [6.07, 6.45) is 5.06. The molecule has 2 aromatic heterocycles. The average molecular weight is 595 g/mol. The fraction of sp³-hybridized carbons (Fsp3) is 0.667. The van der Waals surface area contributed by atoms with Gasteiger partial charge in [-0.05, 0) is 53.1 Å². The third kappa shape index (κ3) is 11.1. The summed E-state index contributed by atoms with van der Waals surface area (Å²) < 4.78 is 12.0. The number of ether oxygens (including phenoxy) is 1. The topological polar surface area (TPSA) is 139 Å². The van der Waals surface area contributed by atoms with Crippen LogP contribution < -0.4 is 16.0 Å². The molecule has 222 valence electrons. The number of nitrogens with zero attached hydrogens (tertiary/aromatic N) is 3. The lowest BCUT2D eigenvalue weighted by Gasteiger charge is -2.30. The number of likely N-dealkylation sites (tertiary alicyclic amines) is 1. The van der Waals surface area contributed by atoms with E-state index in [9.17, 15) is 14.4 Å². The van der Waals surface area contributed by atoms with E-state index in [1.165, 1.54) is 11.3 Å². The van der Waals surface area contributed by atoms with Crippen LogP contribution in [0.4, 0.5) is 9.93 Å². The van der Waals surface area contributed by atoms with Gasteiger partial charge in [0, 0.05) is 24.4 Å². The predicted molar refractivity (Wildman–Crippen MR) is 157 cm³/mol. The number of oxazole rings is 1. The fourth-order valence-corrected chi connectivity index (χ4v) is 5.61. The minimum absolute atomic E-state index is 0.0324. The highest BCUT2D eigenvalue weighted by Crippen LogP contribution is 2.32. The molecule has 1 aliphatic rings. The zero-order chi connectivity index (χ0) is 29.3. The number of carbonyl (C=O) groups excluding carboxylic acids is 3. The van der Waals surface area contributed by atoms with Gasteiger partial charge < -0.3 is 25.1 Å². The molecule has 1 aliphatic heterocycles. The molecule has 1 fully saturated rings. The molecule has 11 nitrogen and oxygen atoms in total. The Bertz CT molecular complexity index is 1130. The van der Waals surface area contributed by atoms with Gasteiger partial charge >= 0.3 is 6.09 Å². The van der Waals surface area contributed by atoms with Gasteiger partial charge in [0.15, 0.2) is 5.13 Å². The molecule has 3 rings (SSSR count). The van der Waals surface area contributed by atoms with Crippen LogP contribution in [0.15, 0.2) is 21.0 Å². The molecule has 0 radical (unpaired) electrons. The summed E-state index contributed by atoms with van der Waals surface area (Å²) in [6, 6.07) is 0. The van der Waals surface area contributed by atoms with Crippen molar-refractivity contribution in [1.29, 1.82) is 0 Å². The zero-order valence-corrected chi connectivity index (χ0v) is 25.9. The van der Waals surface area contributed by atoms with Gasteiger partial charge in [-0.15, -0.1) is 11.8 Å². The number of rotatable bonds is 11. The van der Waals surface area contributed by atoms with E-state index in [0.29, 0.717) is 68.8 Å². The number of anilines is 1. The van der Waals surface area contributed by atoms with Gasteiger partial charge in [0.1, 0.15) is 11.4 Å². The molecular weight excluding hydrogens is 552 g/mol. The number of nitrogens with one attached hydrogen (secondary N) is 3. The molecule has 0 aliphatic carbocycles. The van der Waals surface area contributed by atoms with Crippen molar-refractivity contribution in [2.75, 3.05) is 38.0 Å². The highest BCUT2D eigenvalue weighted by Gasteiger charge is 2.26. The molecule has 0 bridgehead atoms. The summed E-state index contributed by atoms with van der Waals surface area (Å²) in [7, 11) is 0. The Hall–Kier alpha value is -2.64. The predicted octanol–water partition coefficient (Wildman–Crippen LogP) is 4.40. The van der Waals surface area contributed by atoms with Crippen LogP contribution in [0.2, 0.25) is 0 Å². The maximum Gasteiger partial charge on any atom is 0.407 e. The van der Waals surface area contributed by atoms with Crippen LogP contribution in [-0.2, 0) is 25.5 Å². The quantitative estimate of drug-likeness (QED) is 0.255. The number of hydrogen-bond acceptors (Lipinski definition) is 10. The minimum atomic E-state index is -0.535. The lowest BCUT2D eigenvalue weighted by Crippen LogP contribution is -2.43. The summed E-state index contributed by atoms with van der Waals surface area (Å²) >= 11 is 3.02. The van der Waals surface area contributed by atoms with E-state index in [4.69, 9.17) is 9.15 Å². The van der Waals surface area contributed by atoms with Crippen LogP contribution in [0, 0.1) is 5.92 Å². The molecule has 13 heteroatoms. The van der Waals surface area contributed by atoms with Crippen molar-refractivity contribution >= 4 is 46.1 Å². The van der Waals surface area contributed by atoms with Gasteiger partial charge in [-0.1, -0.05) is 32.1 Å². The minimum Gasteiger partial charge on any atom is -0.444 e. The SMILES string of the molecule is CC(C)(C)OC(=O)NCCCNC(=O)CN1CCC(C(=O)Nc2ncc(SCc3ncc(C(C)(C)C)o3)s2)CC1. The summed E-state index contributed by atoms with van der Waals surface area (Å²) in [5.74, 6) is 1.92. The number of thiazole rings is 1. The fourth-order valence-electron chi connectivity index (χ4n) is 3.88. The summed E-state index contributed by atoms with van der Waals surface area (Å²) in [6.45, 7) is 14.2. The Kier molecular flexibility index (Phi) is 11.4. The van der Waals surface area contributed by atoms with E-state index in [1.807, 2.05) is 20.8 Å². The highest BCUT2D eigenvalue weighted by molar-refractivity contribution is 8.00. The van der Waals surface area contributed by atoms with Gasteiger partial charge in [0.2, 0.25) is 17.7 Å². The second kappa shape index (κ2) is 14.3. The number of aromatic nitrogens is 2. The first-order chi connectivity index (χ1) is 18.8. The molecule has 0 spiro atoms. The van der Waals surface area contributed by atoms with Crippen molar-refractivity contribution in [3.8, 4) is 0 Å². The van der Waals surface area contributed by atoms with E-state index in [2.05, 4.69) is 51.6 Å². The Labute approximate surface area is 244 Å². The second-order valence-electron chi connectivity index (χ2n) is 11.8. The lowest BCUT2D eigenvalue weighted by atomic mass is 9.94. The lowest BCUT2D eigenvalue weighted by molar-refractivity contribution is -0.123. The number of amides is 3. The molecule has 2 aromatic rings. The highest BCUT2D eigenvalue weighted by atomic mass is 32.2. The summed E-state index contributed by atoms with van der Waals surface area (Å²) in [5.41, 5.74) is -0.615. The molecule has 1 saturated heterocycles. The third-order valence-electron chi connectivity index (χ3n) is 6.01. The van der Waals surface area contributed by atoms with Crippen LogP contribution in [0.1, 0.15) is 72.5 Å².